The molecule has 1 atom stereocenters. The molecule has 1 N–H and O–H groups in total. The number of aliphatic hydroxyl groups is 1. The molecule has 0 fully saturated rings. The monoisotopic (exact) mass is 270 g/mol. The zero-order chi connectivity index (χ0) is 12.4. The summed E-state index contributed by atoms with van der Waals surface area (Å²) >= 11 is 12.0. The molecule has 0 spiro atoms. The summed E-state index contributed by atoms with van der Waals surface area (Å²) in [6.07, 6.45) is 0.0573. The minimum absolute atomic E-state index is 0.427. The maximum absolute atomic E-state index is 9.28. The van der Waals surface area contributed by atoms with E-state index in [1.165, 1.54) is 0 Å². The van der Waals surface area contributed by atoms with Crippen LogP contribution in [0.1, 0.15) is 12.7 Å². The van der Waals surface area contributed by atoms with Gasteiger partial charge in [0.25, 0.3) is 0 Å². The third kappa shape index (κ3) is 2.83. The molecular formula is C13H12Cl2O2. The van der Waals surface area contributed by atoms with Crippen molar-refractivity contribution in [1.29, 1.82) is 0 Å². The summed E-state index contributed by atoms with van der Waals surface area (Å²) < 4.78 is 5.61. The fourth-order valence-corrected chi connectivity index (χ4v) is 2.01. The molecular weight excluding hydrogens is 259 g/mol. The van der Waals surface area contributed by atoms with Gasteiger partial charge in [0.15, 0.2) is 0 Å². The average molecular weight is 271 g/mol. The van der Waals surface area contributed by atoms with Gasteiger partial charge in [0, 0.05) is 12.0 Å². The van der Waals surface area contributed by atoms with Crippen LogP contribution in [0.15, 0.2) is 34.7 Å². The second-order valence-electron chi connectivity index (χ2n) is 3.92. The van der Waals surface area contributed by atoms with E-state index < -0.39 is 6.10 Å². The molecule has 0 amide bonds. The van der Waals surface area contributed by atoms with Crippen LogP contribution in [-0.4, -0.2) is 11.2 Å². The van der Waals surface area contributed by atoms with Gasteiger partial charge in [0.1, 0.15) is 11.5 Å². The van der Waals surface area contributed by atoms with Crippen molar-refractivity contribution in [2.24, 2.45) is 0 Å². The lowest BCUT2D eigenvalue weighted by Crippen LogP contribution is -2.02. The molecule has 0 aliphatic rings. The first-order valence-electron chi connectivity index (χ1n) is 5.29. The molecule has 0 bridgehead atoms. The number of hydrogen-bond donors (Lipinski definition) is 1. The predicted octanol–water partition coefficient (Wildman–Crippen LogP) is 4.18. The van der Waals surface area contributed by atoms with Crippen molar-refractivity contribution in [2.45, 2.75) is 19.4 Å². The Morgan fingerprint density at radius 1 is 1.24 bits per heavy atom. The first-order valence-corrected chi connectivity index (χ1v) is 6.04. The number of aliphatic hydroxyl groups excluding tert-OH is 1. The predicted molar refractivity (Wildman–Crippen MR) is 69.5 cm³/mol. The lowest BCUT2D eigenvalue weighted by molar-refractivity contribution is 0.187. The molecule has 90 valence electrons. The van der Waals surface area contributed by atoms with Crippen molar-refractivity contribution >= 4 is 23.2 Å². The highest BCUT2D eigenvalue weighted by Crippen LogP contribution is 2.34. The molecule has 17 heavy (non-hydrogen) atoms. The molecule has 0 aliphatic heterocycles. The van der Waals surface area contributed by atoms with Crippen molar-refractivity contribution in [2.75, 3.05) is 0 Å². The van der Waals surface area contributed by atoms with E-state index in [1.54, 1.807) is 13.0 Å². The zero-order valence-electron chi connectivity index (χ0n) is 9.28. The third-order valence-electron chi connectivity index (χ3n) is 2.38. The molecule has 0 radical (unpaired) electrons. The van der Waals surface area contributed by atoms with Crippen LogP contribution in [0.5, 0.6) is 0 Å². The number of halogens is 2. The van der Waals surface area contributed by atoms with Crippen molar-refractivity contribution in [1.82, 2.24) is 0 Å². The summed E-state index contributed by atoms with van der Waals surface area (Å²) in [7, 11) is 0. The third-order valence-corrected chi connectivity index (χ3v) is 3.19. The van der Waals surface area contributed by atoms with Crippen LogP contribution in [0.4, 0.5) is 0 Å². The number of benzene rings is 1. The van der Waals surface area contributed by atoms with E-state index in [1.807, 2.05) is 24.3 Å². The van der Waals surface area contributed by atoms with Crippen molar-refractivity contribution < 1.29 is 9.52 Å². The maximum atomic E-state index is 9.28. The summed E-state index contributed by atoms with van der Waals surface area (Å²) in [6, 6.07) is 9.06. The van der Waals surface area contributed by atoms with E-state index >= 15 is 0 Å². The highest BCUT2D eigenvalue weighted by atomic mass is 35.5. The smallest absolute Gasteiger partial charge is 0.135 e. The average Bonchev–Trinajstić information content (AvgIpc) is 2.69. The Morgan fingerprint density at radius 2 is 2.00 bits per heavy atom. The molecule has 0 aliphatic carbocycles. The Bertz CT molecular complexity index is 518. The van der Waals surface area contributed by atoms with Crippen LogP contribution in [-0.2, 0) is 6.42 Å². The standard InChI is InChI=1S/C13H12Cl2O2/c1-8(16)7-9-5-6-12(17-9)10-3-2-4-11(14)13(10)15/h2-6,8,16H,7H2,1H3. The molecule has 1 aromatic heterocycles. The van der Waals surface area contributed by atoms with E-state index in [0.717, 1.165) is 11.3 Å². The molecule has 0 saturated heterocycles. The van der Waals surface area contributed by atoms with Gasteiger partial charge in [-0.1, -0.05) is 29.3 Å². The molecule has 4 heteroatoms. The summed E-state index contributed by atoms with van der Waals surface area (Å²) in [5.74, 6) is 1.39. The maximum Gasteiger partial charge on any atom is 0.135 e. The number of rotatable bonds is 3. The Balaban J connectivity index is 2.34. The van der Waals surface area contributed by atoms with Gasteiger partial charge in [-0.25, -0.2) is 0 Å². The van der Waals surface area contributed by atoms with E-state index in [2.05, 4.69) is 0 Å². The van der Waals surface area contributed by atoms with Gasteiger partial charge in [-0.2, -0.15) is 0 Å². The van der Waals surface area contributed by atoms with Gasteiger partial charge in [-0.15, -0.1) is 0 Å². The molecule has 1 heterocycles. The van der Waals surface area contributed by atoms with Crippen LogP contribution in [0.2, 0.25) is 10.0 Å². The van der Waals surface area contributed by atoms with Crippen molar-refractivity contribution in [3.05, 3.63) is 46.1 Å². The van der Waals surface area contributed by atoms with Crippen LogP contribution in [0, 0.1) is 0 Å². The lowest BCUT2D eigenvalue weighted by Gasteiger charge is -2.03. The van der Waals surface area contributed by atoms with E-state index in [-0.39, 0.29) is 0 Å². The highest BCUT2D eigenvalue weighted by molar-refractivity contribution is 6.43. The molecule has 2 nitrogen and oxygen atoms in total. The number of hydrogen-bond acceptors (Lipinski definition) is 2. The molecule has 2 rings (SSSR count). The molecule has 1 aromatic carbocycles. The van der Waals surface area contributed by atoms with E-state index in [0.29, 0.717) is 22.2 Å². The lowest BCUT2D eigenvalue weighted by atomic mass is 10.2. The van der Waals surface area contributed by atoms with Gasteiger partial charge < -0.3 is 9.52 Å². The van der Waals surface area contributed by atoms with Gasteiger partial charge in [0.2, 0.25) is 0 Å². The fraction of sp³-hybridized carbons (Fsp3) is 0.231. The van der Waals surface area contributed by atoms with Crippen LogP contribution in [0.3, 0.4) is 0 Å². The molecule has 0 saturated carbocycles. The van der Waals surface area contributed by atoms with Crippen LogP contribution >= 0.6 is 23.2 Å². The quantitative estimate of drug-likeness (QED) is 0.908. The number of furan rings is 1. The Morgan fingerprint density at radius 3 is 2.71 bits per heavy atom. The van der Waals surface area contributed by atoms with Crippen LogP contribution in [0.25, 0.3) is 11.3 Å². The van der Waals surface area contributed by atoms with Gasteiger partial charge in [-0.05, 0) is 31.2 Å². The zero-order valence-corrected chi connectivity index (χ0v) is 10.8. The SMILES string of the molecule is CC(O)Cc1ccc(-c2cccc(Cl)c2Cl)o1. The normalized spacial score (nSPS) is 12.7. The Kier molecular flexibility index (Phi) is 3.77. The Labute approximate surface area is 110 Å². The molecule has 2 aromatic rings. The minimum atomic E-state index is -0.427. The topological polar surface area (TPSA) is 33.4 Å². The van der Waals surface area contributed by atoms with Crippen LogP contribution < -0.4 is 0 Å². The first-order chi connectivity index (χ1) is 8.08. The van der Waals surface area contributed by atoms with Crippen molar-refractivity contribution in [3.8, 4) is 11.3 Å². The fourth-order valence-electron chi connectivity index (χ4n) is 1.62. The second kappa shape index (κ2) is 5.13. The molecule has 1 unspecified atom stereocenters. The van der Waals surface area contributed by atoms with Crippen molar-refractivity contribution in [3.63, 3.8) is 0 Å². The summed E-state index contributed by atoms with van der Waals surface area (Å²) in [5, 5.41) is 10.3. The van der Waals surface area contributed by atoms with Gasteiger partial charge >= 0.3 is 0 Å². The van der Waals surface area contributed by atoms with E-state index in [4.69, 9.17) is 27.6 Å². The first kappa shape index (κ1) is 12.5. The second-order valence-corrected chi connectivity index (χ2v) is 4.71. The largest absolute Gasteiger partial charge is 0.461 e. The van der Waals surface area contributed by atoms with Gasteiger partial charge in [-0.3, -0.25) is 0 Å². The summed E-state index contributed by atoms with van der Waals surface area (Å²) in [5.41, 5.74) is 0.760. The summed E-state index contributed by atoms with van der Waals surface area (Å²) in [6.45, 7) is 1.72. The Hall–Kier alpha value is -0.960. The van der Waals surface area contributed by atoms with E-state index in [9.17, 15) is 5.11 Å². The van der Waals surface area contributed by atoms with Gasteiger partial charge in [0.05, 0.1) is 16.1 Å². The summed E-state index contributed by atoms with van der Waals surface area (Å²) in [4.78, 5) is 0. The minimum Gasteiger partial charge on any atom is -0.461 e. The highest BCUT2D eigenvalue weighted by Gasteiger charge is 2.11.